The van der Waals surface area contributed by atoms with Crippen LogP contribution in [-0.4, -0.2) is 6.54 Å². The molecule has 0 radical (unpaired) electrons. The Labute approximate surface area is 72.1 Å². The summed E-state index contributed by atoms with van der Waals surface area (Å²) in [5, 5.41) is 3.17. The van der Waals surface area contributed by atoms with Crippen LogP contribution in [0.3, 0.4) is 0 Å². The molecule has 2 nitrogen and oxygen atoms in total. The van der Waals surface area contributed by atoms with Gasteiger partial charge < -0.3 is 11.1 Å². The third kappa shape index (κ3) is 1.01. The topological polar surface area (TPSA) is 38.0 Å². The summed E-state index contributed by atoms with van der Waals surface area (Å²) in [6.07, 6.45) is 0. The molecule has 0 aromatic heterocycles. The van der Waals surface area contributed by atoms with E-state index in [-0.39, 0.29) is 6.04 Å². The van der Waals surface area contributed by atoms with Crippen molar-refractivity contribution in [3.05, 3.63) is 42.0 Å². The van der Waals surface area contributed by atoms with E-state index in [1.54, 1.807) is 0 Å². The fourth-order valence-electron chi connectivity index (χ4n) is 1.53. The van der Waals surface area contributed by atoms with Crippen molar-refractivity contribution in [2.75, 3.05) is 6.54 Å². The van der Waals surface area contributed by atoms with Crippen molar-refractivity contribution in [2.45, 2.75) is 6.04 Å². The molecule has 1 aliphatic heterocycles. The van der Waals surface area contributed by atoms with Crippen LogP contribution in [0.5, 0.6) is 0 Å². The SMILES string of the molecule is C=C1NCC(N)c2ccccc21. The molecule has 1 aromatic rings. The number of benzene rings is 1. The van der Waals surface area contributed by atoms with Crippen molar-refractivity contribution in [3.63, 3.8) is 0 Å². The first kappa shape index (κ1) is 7.37. The van der Waals surface area contributed by atoms with Crippen LogP contribution in [-0.2, 0) is 0 Å². The third-order valence-corrected chi connectivity index (χ3v) is 2.22. The van der Waals surface area contributed by atoms with Crippen LogP contribution >= 0.6 is 0 Å². The molecule has 0 spiro atoms. The number of hydrogen-bond acceptors (Lipinski definition) is 2. The molecule has 0 bridgehead atoms. The first-order valence-corrected chi connectivity index (χ1v) is 4.06. The summed E-state index contributed by atoms with van der Waals surface area (Å²) in [7, 11) is 0. The molecule has 1 heterocycles. The Morgan fingerprint density at radius 3 is 2.92 bits per heavy atom. The van der Waals surface area contributed by atoms with Gasteiger partial charge in [0.15, 0.2) is 0 Å². The van der Waals surface area contributed by atoms with Gasteiger partial charge in [-0.1, -0.05) is 30.8 Å². The van der Waals surface area contributed by atoms with E-state index in [1.807, 2.05) is 18.2 Å². The van der Waals surface area contributed by atoms with Gasteiger partial charge in [0.1, 0.15) is 0 Å². The fraction of sp³-hybridized carbons (Fsp3) is 0.200. The minimum Gasteiger partial charge on any atom is -0.383 e. The van der Waals surface area contributed by atoms with Gasteiger partial charge in [-0.3, -0.25) is 0 Å². The molecule has 12 heavy (non-hydrogen) atoms. The van der Waals surface area contributed by atoms with E-state index in [2.05, 4.69) is 18.0 Å². The van der Waals surface area contributed by atoms with E-state index in [9.17, 15) is 0 Å². The zero-order valence-corrected chi connectivity index (χ0v) is 6.88. The summed E-state index contributed by atoms with van der Waals surface area (Å²) in [5.41, 5.74) is 9.23. The van der Waals surface area contributed by atoms with Gasteiger partial charge in [-0.15, -0.1) is 0 Å². The number of fused-ring (bicyclic) bond motifs is 1. The van der Waals surface area contributed by atoms with Crippen molar-refractivity contribution < 1.29 is 0 Å². The van der Waals surface area contributed by atoms with Gasteiger partial charge >= 0.3 is 0 Å². The van der Waals surface area contributed by atoms with Crippen LogP contribution in [0.1, 0.15) is 17.2 Å². The monoisotopic (exact) mass is 160 g/mol. The maximum Gasteiger partial charge on any atom is 0.0477 e. The van der Waals surface area contributed by atoms with Crippen molar-refractivity contribution in [1.29, 1.82) is 0 Å². The summed E-state index contributed by atoms with van der Waals surface area (Å²) < 4.78 is 0. The molecule has 1 aromatic carbocycles. The highest BCUT2D eigenvalue weighted by Gasteiger charge is 2.17. The van der Waals surface area contributed by atoms with E-state index in [0.717, 1.165) is 17.8 Å². The molecule has 0 aliphatic carbocycles. The van der Waals surface area contributed by atoms with Gasteiger partial charge in [-0.25, -0.2) is 0 Å². The van der Waals surface area contributed by atoms with Gasteiger partial charge in [0.2, 0.25) is 0 Å². The predicted molar refractivity (Wildman–Crippen MR) is 50.4 cm³/mol. The zero-order chi connectivity index (χ0) is 8.55. The molecule has 62 valence electrons. The van der Waals surface area contributed by atoms with Gasteiger partial charge in [0.05, 0.1) is 0 Å². The highest BCUT2D eigenvalue weighted by Crippen LogP contribution is 2.24. The predicted octanol–water partition coefficient (Wildman–Crippen LogP) is 1.26. The van der Waals surface area contributed by atoms with E-state index < -0.39 is 0 Å². The summed E-state index contributed by atoms with van der Waals surface area (Å²) >= 11 is 0. The van der Waals surface area contributed by atoms with Crippen LogP contribution in [0.15, 0.2) is 30.8 Å². The summed E-state index contributed by atoms with van der Waals surface area (Å²) in [4.78, 5) is 0. The first-order valence-electron chi connectivity index (χ1n) is 4.06. The molecule has 3 N–H and O–H groups in total. The van der Waals surface area contributed by atoms with Crippen molar-refractivity contribution in [3.8, 4) is 0 Å². The molecule has 0 fully saturated rings. The number of nitrogens with two attached hydrogens (primary N) is 1. The lowest BCUT2D eigenvalue weighted by atomic mass is 9.95. The maximum absolute atomic E-state index is 5.90. The second-order valence-electron chi connectivity index (χ2n) is 3.05. The smallest absolute Gasteiger partial charge is 0.0477 e. The highest BCUT2D eigenvalue weighted by atomic mass is 14.9. The zero-order valence-electron chi connectivity index (χ0n) is 6.88. The molecular formula is C10H12N2. The van der Waals surface area contributed by atoms with Crippen LogP contribution in [0.2, 0.25) is 0 Å². The molecule has 0 saturated heterocycles. The van der Waals surface area contributed by atoms with Crippen molar-refractivity contribution in [2.24, 2.45) is 5.73 Å². The Kier molecular flexibility index (Phi) is 1.62. The Balaban J connectivity index is 2.55. The Hall–Kier alpha value is -1.28. The number of hydrogen-bond donors (Lipinski definition) is 2. The van der Waals surface area contributed by atoms with Crippen LogP contribution < -0.4 is 11.1 Å². The molecule has 2 heteroatoms. The van der Waals surface area contributed by atoms with Gasteiger partial charge in [0.25, 0.3) is 0 Å². The number of nitrogens with one attached hydrogen (secondary N) is 1. The minimum absolute atomic E-state index is 0.103. The Bertz CT molecular complexity index is 317. The lowest BCUT2D eigenvalue weighted by Gasteiger charge is -2.25. The summed E-state index contributed by atoms with van der Waals surface area (Å²) in [6, 6.07) is 8.23. The van der Waals surface area contributed by atoms with E-state index in [0.29, 0.717) is 0 Å². The summed E-state index contributed by atoms with van der Waals surface area (Å²) in [5.74, 6) is 0. The Morgan fingerprint density at radius 2 is 2.17 bits per heavy atom. The van der Waals surface area contributed by atoms with Gasteiger partial charge in [0, 0.05) is 23.8 Å². The first-order chi connectivity index (χ1) is 5.79. The fourth-order valence-corrected chi connectivity index (χ4v) is 1.53. The van der Waals surface area contributed by atoms with Gasteiger partial charge in [-0.05, 0) is 5.56 Å². The molecule has 1 unspecified atom stereocenters. The van der Waals surface area contributed by atoms with Crippen molar-refractivity contribution in [1.82, 2.24) is 5.32 Å². The minimum atomic E-state index is 0.103. The van der Waals surface area contributed by atoms with Gasteiger partial charge in [-0.2, -0.15) is 0 Å². The van der Waals surface area contributed by atoms with E-state index >= 15 is 0 Å². The summed E-state index contributed by atoms with van der Waals surface area (Å²) in [6.45, 7) is 4.71. The van der Waals surface area contributed by atoms with Crippen LogP contribution in [0.25, 0.3) is 5.70 Å². The highest BCUT2D eigenvalue weighted by molar-refractivity contribution is 5.67. The molecule has 0 amide bonds. The van der Waals surface area contributed by atoms with E-state index in [4.69, 9.17) is 5.73 Å². The molecule has 1 aliphatic rings. The molecular weight excluding hydrogens is 148 g/mol. The average molecular weight is 160 g/mol. The lowest BCUT2D eigenvalue weighted by molar-refractivity contribution is 0.658. The average Bonchev–Trinajstić information content (AvgIpc) is 2.12. The standard InChI is InChI=1S/C10H12N2/c1-7-8-4-2-3-5-9(8)10(11)6-12-7/h2-5,10,12H,1,6,11H2. The second-order valence-corrected chi connectivity index (χ2v) is 3.05. The van der Waals surface area contributed by atoms with E-state index in [1.165, 1.54) is 5.56 Å². The maximum atomic E-state index is 5.90. The van der Waals surface area contributed by atoms with Crippen LogP contribution in [0, 0.1) is 0 Å². The lowest BCUT2D eigenvalue weighted by Crippen LogP contribution is -2.31. The van der Waals surface area contributed by atoms with Crippen molar-refractivity contribution >= 4 is 5.70 Å². The third-order valence-electron chi connectivity index (χ3n) is 2.22. The number of rotatable bonds is 0. The normalized spacial score (nSPS) is 21.4. The molecule has 1 atom stereocenters. The molecule has 0 saturated carbocycles. The largest absolute Gasteiger partial charge is 0.383 e. The Morgan fingerprint density at radius 1 is 1.42 bits per heavy atom. The quantitative estimate of drug-likeness (QED) is 0.599. The molecule has 2 rings (SSSR count). The second kappa shape index (κ2) is 2.64. The van der Waals surface area contributed by atoms with Crippen LogP contribution in [0.4, 0.5) is 0 Å².